The molecular formula is C14H13Br2Cl2NS. The van der Waals surface area contributed by atoms with Gasteiger partial charge >= 0.3 is 0 Å². The van der Waals surface area contributed by atoms with E-state index < -0.39 is 0 Å². The Labute approximate surface area is 149 Å². The lowest BCUT2D eigenvalue weighted by molar-refractivity contribution is 0.606. The summed E-state index contributed by atoms with van der Waals surface area (Å²) in [6.07, 6.45) is 1.06. The van der Waals surface area contributed by atoms with Gasteiger partial charge < -0.3 is 5.32 Å². The Morgan fingerprint density at radius 1 is 1.25 bits per heavy atom. The average molecular weight is 458 g/mol. The molecule has 0 aliphatic heterocycles. The Kier molecular flexibility index (Phi) is 6.39. The van der Waals surface area contributed by atoms with Crippen LogP contribution in [0.1, 0.15) is 29.8 Å². The van der Waals surface area contributed by atoms with Gasteiger partial charge in [0.15, 0.2) is 0 Å². The minimum absolute atomic E-state index is 0.0498. The summed E-state index contributed by atoms with van der Waals surface area (Å²) in [5, 5.41) is 4.27. The predicted molar refractivity (Wildman–Crippen MR) is 96.3 cm³/mol. The Morgan fingerprint density at radius 3 is 2.60 bits per heavy atom. The molecule has 0 spiro atoms. The minimum Gasteiger partial charge on any atom is -0.306 e. The third kappa shape index (κ3) is 3.79. The summed E-state index contributed by atoms with van der Waals surface area (Å²) < 4.78 is 2.59. The van der Waals surface area contributed by atoms with E-state index in [1.165, 1.54) is 0 Å². The average Bonchev–Trinajstić information content (AvgIpc) is 2.74. The first-order valence-corrected chi connectivity index (χ1v) is 9.32. The number of nitrogens with one attached hydrogen (secondary N) is 1. The van der Waals surface area contributed by atoms with Crippen molar-refractivity contribution < 1.29 is 0 Å². The molecule has 0 amide bonds. The normalized spacial score (nSPS) is 12.7. The van der Waals surface area contributed by atoms with Crippen molar-refractivity contribution >= 4 is 66.4 Å². The molecule has 2 aromatic rings. The van der Waals surface area contributed by atoms with Gasteiger partial charge in [0.1, 0.15) is 4.34 Å². The molecule has 2 rings (SSSR count). The van der Waals surface area contributed by atoms with Crippen LogP contribution >= 0.6 is 66.4 Å². The largest absolute Gasteiger partial charge is 0.306 e. The highest BCUT2D eigenvalue weighted by Gasteiger charge is 2.20. The van der Waals surface area contributed by atoms with E-state index in [0.717, 1.165) is 41.7 Å². The first-order chi connectivity index (χ1) is 9.54. The van der Waals surface area contributed by atoms with Crippen LogP contribution in [0.4, 0.5) is 0 Å². The van der Waals surface area contributed by atoms with Crippen molar-refractivity contribution in [3.05, 3.63) is 53.0 Å². The third-order valence-electron chi connectivity index (χ3n) is 2.84. The molecule has 0 aliphatic rings. The van der Waals surface area contributed by atoms with Gasteiger partial charge in [-0.1, -0.05) is 42.3 Å². The van der Waals surface area contributed by atoms with Gasteiger partial charge in [0.25, 0.3) is 0 Å². The summed E-state index contributed by atoms with van der Waals surface area (Å²) in [4.78, 5) is 1.15. The van der Waals surface area contributed by atoms with Crippen LogP contribution in [0, 0.1) is 0 Å². The molecule has 108 valence electrons. The van der Waals surface area contributed by atoms with Crippen LogP contribution in [0.3, 0.4) is 0 Å². The topological polar surface area (TPSA) is 12.0 Å². The molecule has 1 unspecified atom stereocenters. The number of halogens is 4. The number of hydrogen-bond donors (Lipinski definition) is 1. The maximum absolute atomic E-state index is 6.44. The van der Waals surface area contributed by atoms with E-state index in [-0.39, 0.29) is 6.04 Å². The molecule has 0 aliphatic carbocycles. The molecule has 1 nitrogen and oxygen atoms in total. The van der Waals surface area contributed by atoms with Gasteiger partial charge in [-0.15, -0.1) is 11.3 Å². The van der Waals surface area contributed by atoms with Crippen molar-refractivity contribution in [3.63, 3.8) is 0 Å². The van der Waals surface area contributed by atoms with Gasteiger partial charge in [0, 0.05) is 13.8 Å². The lowest BCUT2D eigenvalue weighted by Crippen LogP contribution is -2.22. The van der Waals surface area contributed by atoms with E-state index in [1.807, 2.05) is 18.2 Å². The number of hydrogen-bond acceptors (Lipinski definition) is 2. The Hall–Kier alpha value is 0.420. The van der Waals surface area contributed by atoms with Crippen LogP contribution in [0.25, 0.3) is 0 Å². The van der Waals surface area contributed by atoms with Crippen LogP contribution in [0.15, 0.2) is 33.2 Å². The third-order valence-corrected chi connectivity index (χ3v) is 6.69. The summed E-state index contributed by atoms with van der Waals surface area (Å²) in [7, 11) is 0. The standard InChI is InChI=1S/C14H13Br2Cl2NS/c1-2-6-19-13(11-7-10(16)14(18)20-11)8-4-3-5-9(15)12(8)17/h3-5,7,13,19H,2,6H2,1H3. The van der Waals surface area contributed by atoms with Crippen LogP contribution in [-0.2, 0) is 0 Å². The molecule has 0 saturated carbocycles. The van der Waals surface area contributed by atoms with E-state index in [0.29, 0.717) is 0 Å². The molecule has 0 saturated heterocycles. The molecule has 1 heterocycles. The maximum atomic E-state index is 6.44. The molecule has 6 heteroatoms. The molecule has 0 radical (unpaired) electrons. The van der Waals surface area contributed by atoms with Crippen LogP contribution in [-0.4, -0.2) is 6.54 Å². The fourth-order valence-corrected chi connectivity index (χ4v) is 4.35. The SMILES string of the molecule is CCCNC(c1cc(Br)c(Cl)s1)c1cccc(Br)c1Cl. The van der Waals surface area contributed by atoms with Gasteiger partial charge in [-0.25, -0.2) is 0 Å². The van der Waals surface area contributed by atoms with Crippen LogP contribution in [0.2, 0.25) is 9.36 Å². The lowest BCUT2D eigenvalue weighted by Gasteiger charge is -2.19. The van der Waals surface area contributed by atoms with Crippen molar-refractivity contribution in [3.8, 4) is 0 Å². The molecule has 0 fully saturated rings. The zero-order valence-corrected chi connectivity index (χ0v) is 16.2. The summed E-state index contributed by atoms with van der Waals surface area (Å²) >= 11 is 21.1. The van der Waals surface area contributed by atoms with Crippen molar-refractivity contribution in [2.45, 2.75) is 19.4 Å². The Bertz CT molecular complexity index is 581. The zero-order chi connectivity index (χ0) is 14.7. The highest BCUT2D eigenvalue weighted by molar-refractivity contribution is 9.11. The molecule has 1 aromatic heterocycles. The summed E-state index contributed by atoms with van der Waals surface area (Å²) in [5.41, 5.74) is 1.06. The fraction of sp³-hybridized carbons (Fsp3) is 0.286. The van der Waals surface area contributed by atoms with E-state index >= 15 is 0 Å². The number of rotatable bonds is 5. The van der Waals surface area contributed by atoms with Gasteiger partial charge in [-0.2, -0.15) is 0 Å². The lowest BCUT2D eigenvalue weighted by atomic mass is 10.1. The van der Waals surface area contributed by atoms with Crippen LogP contribution in [0.5, 0.6) is 0 Å². The van der Waals surface area contributed by atoms with E-state index in [2.05, 4.69) is 50.2 Å². The molecule has 20 heavy (non-hydrogen) atoms. The van der Waals surface area contributed by atoms with Gasteiger partial charge in [-0.05, 0) is 62.5 Å². The smallest absolute Gasteiger partial charge is 0.107 e. The fourth-order valence-electron chi connectivity index (χ4n) is 1.90. The molecule has 1 N–H and O–H groups in total. The minimum atomic E-state index is 0.0498. The second-order valence-corrected chi connectivity index (χ2v) is 8.07. The molecule has 0 bridgehead atoms. The Balaban J connectivity index is 2.44. The maximum Gasteiger partial charge on any atom is 0.107 e. The van der Waals surface area contributed by atoms with Gasteiger partial charge in [0.05, 0.1) is 11.1 Å². The first kappa shape index (κ1) is 16.8. The van der Waals surface area contributed by atoms with Crippen molar-refractivity contribution in [2.24, 2.45) is 0 Å². The molecular weight excluding hydrogens is 445 g/mol. The second-order valence-electron chi connectivity index (χ2n) is 4.30. The quantitative estimate of drug-likeness (QED) is 0.528. The van der Waals surface area contributed by atoms with Gasteiger partial charge in [0.2, 0.25) is 0 Å². The highest BCUT2D eigenvalue weighted by atomic mass is 79.9. The van der Waals surface area contributed by atoms with Crippen molar-refractivity contribution in [1.29, 1.82) is 0 Å². The first-order valence-electron chi connectivity index (χ1n) is 6.16. The van der Waals surface area contributed by atoms with Crippen molar-refractivity contribution in [2.75, 3.05) is 6.54 Å². The predicted octanol–water partition coefficient (Wildman–Crippen LogP) is 6.67. The van der Waals surface area contributed by atoms with Crippen molar-refractivity contribution in [1.82, 2.24) is 5.32 Å². The number of benzene rings is 1. The second kappa shape index (κ2) is 7.61. The Morgan fingerprint density at radius 2 is 2.00 bits per heavy atom. The monoisotopic (exact) mass is 455 g/mol. The number of thiophene rings is 1. The summed E-state index contributed by atoms with van der Waals surface area (Å²) in [6.45, 7) is 3.06. The summed E-state index contributed by atoms with van der Waals surface area (Å²) in [5.74, 6) is 0. The summed E-state index contributed by atoms with van der Waals surface area (Å²) in [6, 6.07) is 8.09. The zero-order valence-electron chi connectivity index (χ0n) is 10.7. The van der Waals surface area contributed by atoms with Gasteiger partial charge in [-0.3, -0.25) is 0 Å². The molecule has 1 atom stereocenters. The van der Waals surface area contributed by atoms with Crippen LogP contribution < -0.4 is 5.32 Å². The molecule has 1 aromatic carbocycles. The van der Waals surface area contributed by atoms with E-state index in [9.17, 15) is 0 Å². The van der Waals surface area contributed by atoms with E-state index in [4.69, 9.17) is 23.2 Å². The van der Waals surface area contributed by atoms with E-state index in [1.54, 1.807) is 11.3 Å². The highest BCUT2D eigenvalue weighted by Crippen LogP contribution is 2.40.